The molecule has 0 aromatic heterocycles. The Hall–Kier alpha value is -1.71. The molecule has 82 valence electrons. The number of carbonyl (C=O) groups is 1. The van der Waals surface area contributed by atoms with Gasteiger partial charge in [0.05, 0.1) is 16.9 Å². The fourth-order valence-corrected chi connectivity index (χ4v) is 1.29. The second-order valence-electron chi connectivity index (χ2n) is 3.59. The SMILES string of the molecule is CCC(C)Nc1c(N)cccc1C(N)=O. The van der Waals surface area contributed by atoms with Crippen LogP contribution in [0.25, 0.3) is 0 Å². The van der Waals surface area contributed by atoms with Crippen molar-refractivity contribution in [2.75, 3.05) is 11.1 Å². The van der Waals surface area contributed by atoms with E-state index in [0.717, 1.165) is 6.42 Å². The minimum Gasteiger partial charge on any atom is -0.397 e. The van der Waals surface area contributed by atoms with Gasteiger partial charge in [0, 0.05) is 6.04 Å². The summed E-state index contributed by atoms with van der Waals surface area (Å²) in [6, 6.07) is 5.39. The maximum atomic E-state index is 11.2. The van der Waals surface area contributed by atoms with E-state index in [1.54, 1.807) is 18.2 Å². The van der Waals surface area contributed by atoms with E-state index >= 15 is 0 Å². The first-order valence-corrected chi connectivity index (χ1v) is 5.01. The van der Waals surface area contributed by atoms with Gasteiger partial charge >= 0.3 is 0 Å². The fourth-order valence-electron chi connectivity index (χ4n) is 1.29. The zero-order valence-electron chi connectivity index (χ0n) is 9.08. The molecule has 0 fully saturated rings. The summed E-state index contributed by atoms with van der Waals surface area (Å²) in [4.78, 5) is 11.2. The number of primary amides is 1. The number of amides is 1. The molecule has 4 nitrogen and oxygen atoms in total. The van der Waals surface area contributed by atoms with Crippen LogP contribution >= 0.6 is 0 Å². The van der Waals surface area contributed by atoms with E-state index < -0.39 is 5.91 Å². The minimum atomic E-state index is -0.465. The molecule has 0 bridgehead atoms. The monoisotopic (exact) mass is 207 g/mol. The van der Waals surface area contributed by atoms with Crippen LogP contribution in [0.2, 0.25) is 0 Å². The number of nitrogen functional groups attached to an aromatic ring is 1. The second kappa shape index (κ2) is 4.68. The number of carbonyl (C=O) groups excluding carboxylic acids is 1. The zero-order valence-corrected chi connectivity index (χ0v) is 9.08. The van der Waals surface area contributed by atoms with Crippen molar-refractivity contribution in [3.63, 3.8) is 0 Å². The van der Waals surface area contributed by atoms with Crippen molar-refractivity contribution in [2.24, 2.45) is 5.73 Å². The van der Waals surface area contributed by atoms with Crippen LogP contribution in [-0.2, 0) is 0 Å². The van der Waals surface area contributed by atoms with Gasteiger partial charge in [-0.3, -0.25) is 4.79 Å². The van der Waals surface area contributed by atoms with E-state index in [4.69, 9.17) is 11.5 Å². The predicted octanol–water partition coefficient (Wildman–Crippen LogP) is 1.58. The second-order valence-corrected chi connectivity index (χ2v) is 3.59. The highest BCUT2D eigenvalue weighted by atomic mass is 16.1. The van der Waals surface area contributed by atoms with E-state index in [1.165, 1.54) is 0 Å². The van der Waals surface area contributed by atoms with Crippen molar-refractivity contribution in [3.8, 4) is 0 Å². The summed E-state index contributed by atoms with van der Waals surface area (Å²) in [5.41, 5.74) is 12.7. The Morgan fingerprint density at radius 2 is 2.20 bits per heavy atom. The minimum absolute atomic E-state index is 0.257. The molecule has 0 aliphatic heterocycles. The molecule has 1 aromatic rings. The largest absolute Gasteiger partial charge is 0.397 e. The first-order valence-electron chi connectivity index (χ1n) is 5.01. The highest BCUT2D eigenvalue weighted by molar-refractivity contribution is 6.01. The summed E-state index contributed by atoms with van der Waals surface area (Å²) >= 11 is 0. The van der Waals surface area contributed by atoms with Crippen LogP contribution in [0.4, 0.5) is 11.4 Å². The maximum absolute atomic E-state index is 11.2. The highest BCUT2D eigenvalue weighted by Crippen LogP contribution is 2.24. The van der Waals surface area contributed by atoms with Gasteiger partial charge in [0.2, 0.25) is 0 Å². The van der Waals surface area contributed by atoms with Gasteiger partial charge in [-0.1, -0.05) is 13.0 Å². The Balaban J connectivity index is 3.07. The maximum Gasteiger partial charge on any atom is 0.250 e. The molecule has 1 amide bonds. The lowest BCUT2D eigenvalue weighted by atomic mass is 10.1. The van der Waals surface area contributed by atoms with Gasteiger partial charge in [0.15, 0.2) is 0 Å². The Bertz CT molecular complexity index is 363. The molecule has 15 heavy (non-hydrogen) atoms. The van der Waals surface area contributed by atoms with Gasteiger partial charge < -0.3 is 16.8 Å². The van der Waals surface area contributed by atoms with Crippen molar-refractivity contribution >= 4 is 17.3 Å². The summed E-state index contributed by atoms with van der Waals surface area (Å²) < 4.78 is 0. The lowest BCUT2D eigenvalue weighted by molar-refractivity contribution is 0.100. The summed E-state index contributed by atoms with van der Waals surface area (Å²) in [5, 5.41) is 3.18. The van der Waals surface area contributed by atoms with Gasteiger partial charge in [0.1, 0.15) is 0 Å². The normalized spacial score (nSPS) is 12.1. The molecule has 1 rings (SSSR count). The molecule has 4 heteroatoms. The third-order valence-electron chi connectivity index (χ3n) is 2.37. The molecule has 0 heterocycles. The first kappa shape index (κ1) is 11.4. The Labute approximate surface area is 89.6 Å². The molecule has 0 saturated heterocycles. The van der Waals surface area contributed by atoms with E-state index in [1.807, 2.05) is 6.92 Å². The third kappa shape index (κ3) is 2.62. The smallest absolute Gasteiger partial charge is 0.250 e. The average Bonchev–Trinajstić information content (AvgIpc) is 2.20. The summed E-state index contributed by atoms with van der Waals surface area (Å²) in [5.74, 6) is -0.465. The number of rotatable bonds is 4. The molecule has 5 N–H and O–H groups in total. The van der Waals surface area contributed by atoms with Crippen LogP contribution in [-0.4, -0.2) is 11.9 Å². The number of para-hydroxylation sites is 1. The van der Waals surface area contributed by atoms with Gasteiger partial charge in [-0.25, -0.2) is 0 Å². The average molecular weight is 207 g/mol. The number of nitrogens with two attached hydrogens (primary N) is 2. The number of hydrogen-bond acceptors (Lipinski definition) is 3. The Kier molecular flexibility index (Phi) is 3.55. The van der Waals surface area contributed by atoms with Gasteiger partial charge in [0.25, 0.3) is 5.91 Å². The van der Waals surface area contributed by atoms with Crippen molar-refractivity contribution in [2.45, 2.75) is 26.3 Å². The molecule has 0 saturated carbocycles. The number of hydrogen-bond donors (Lipinski definition) is 3. The van der Waals surface area contributed by atoms with Crippen LogP contribution in [0.15, 0.2) is 18.2 Å². The topological polar surface area (TPSA) is 81.1 Å². The lowest BCUT2D eigenvalue weighted by Crippen LogP contribution is -2.20. The van der Waals surface area contributed by atoms with Crippen molar-refractivity contribution in [1.29, 1.82) is 0 Å². The van der Waals surface area contributed by atoms with E-state index in [-0.39, 0.29) is 6.04 Å². The summed E-state index contributed by atoms with van der Waals surface area (Å²) in [6.45, 7) is 4.08. The van der Waals surface area contributed by atoms with E-state index in [9.17, 15) is 4.79 Å². The standard InChI is InChI=1S/C11H17N3O/c1-3-7(2)14-10-8(11(13)15)5-4-6-9(10)12/h4-7,14H,3,12H2,1-2H3,(H2,13,15). The molecule has 1 aromatic carbocycles. The molecule has 1 atom stereocenters. The molecule has 1 unspecified atom stereocenters. The van der Waals surface area contributed by atoms with Crippen LogP contribution in [0, 0.1) is 0 Å². The molecular weight excluding hydrogens is 190 g/mol. The molecule has 0 radical (unpaired) electrons. The molecule has 0 aliphatic carbocycles. The Morgan fingerprint density at radius 3 is 2.73 bits per heavy atom. The van der Waals surface area contributed by atoms with E-state index in [2.05, 4.69) is 12.2 Å². The highest BCUT2D eigenvalue weighted by Gasteiger charge is 2.11. The lowest BCUT2D eigenvalue weighted by Gasteiger charge is -2.17. The van der Waals surface area contributed by atoms with Crippen LogP contribution in [0.1, 0.15) is 30.6 Å². The van der Waals surface area contributed by atoms with Crippen LogP contribution < -0.4 is 16.8 Å². The summed E-state index contributed by atoms with van der Waals surface area (Å²) in [6.07, 6.45) is 0.951. The number of benzene rings is 1. The molecule has 0 spiro atoms. The van der Waals surface area contributed by atoms with Crippen LogP contribution in [0.3, 0.4) is 0 Å². The quantitative estimate of drug-likeness (QED) is 0.655. The third-order valence-corrected chi connectivity index (χ3v) is 2.37. The van der Waals surface area contributed by atoms with Gasteiger partial charge in [-0.2, -0.15) is 0 Å². The van der Waals surface area contributed by atoms with Gasteiger partial charge in [-0.15, -0.1) is 0 Å². The zero-order chi connectivity index (χ0) is 11.4. The van der Waals surface area contributed by atoms with Crippen molar-refractivity contribution in [1.82, 2.24) is 0 Å². The summed E-state index contributed by atoms with van der Waals surface area (Å²) in [7, 11) is 0. The molecular formula is C11H17N3O. The number of anilines is 2. The first-order chi connectivity index (χ1) is 7.06. The van der Waals surface area contributed by atoms with Crippen molar-refractivity contribution < 1.29 is 4.79 Å². The number of nitrogens with one attached hydrogen (secondary N) is 1. The Morgan fingerprint density at radius 1 is 1.53 bits per heavy atom. The predicted molar refractivity (Wildman–Crippen MR) is 62.7 cm³/mol. The van der Waals surface area contributed by atoms with Crippen LogP contribution in [0.5, 0.6) is 0 Å². The van der Waals surface area contributed by atoms with E-state index in [0.29, 0.717) is 16.9 Å². The molecule has 0 aliphatic rings. The fraction of sp³-hybridized carbons (Fsp3) is 0.364. The van der Waals surface area contributed by atoms with Crippen molar-refractivity contribution in [3.05, 3.63) is 23.8 Å². The van der Waals surface area contributed by atoms with Gasteiger partial charge in [-0.05, 0) is 25.5 Å².